The predicted octanol–water partition coefficient (Wildman–Crippen LogP) is 13.2. The molecule has 8 amide bonds. The molecule has 0 radical (unpaired) electrons. The van der Waals surface area contributed by atoms with E-state index in [4.69, 9.17) is 75.5 Å². The van der Waals surface area contributed by atoms with Crippen LogP contribution in [0.4, 0.5) is 0 Å². The fourth-order valence-electron chi connectivity index (χ4n) is 19.2. The van der Waals surface area contributed by atoms with Crippen LogP contribution in [0.3, 0.4) is 0 Å². The number of imide groups is 4. The van der Waals surface area contributed by atoms with E-state index < -0.39 is 252 Å². The van der Waals surface area contributed by atoms with Gasteiger partial charge in [-0.25, -0.2) is 33.6 Å². The Kier molecular flexibility index (Phi) is 29.3. The van der Waals surface area contributed by atoms with Crippen LogP contribution in [0, 0.1) is 0 Å². The number of methoxy groups -OCH3 is 1. The topological polar surface area (TPSA) is 417 Å². The maximum absolute atomic E-state index is 16.3. The summed E-state index contributed by atoms with van der Waals surface area (Å²) in [7, 11) is -2.20. The average molecular weight is 2020 g/mol. The van der Waals surface area contributed by atoms with Gasteiger partial charge in [0.2, 0.25) is 0 Å². The summed E-state index contributed by atoms with van der Waals surface area (Å²) in [5.41, 5.74) is -1.79. The van der Waals surface area contributed by atoms with E-state index in [1.165, 1.54) is 218 Å². The summed E-state index contributed by atoms with van der Waals surface area (Å²) in [6, 6.07) is 67.3. The number of amides is 8. The van der Waals surface area contributed by atoms with Gasteiger partial charge in [0.05, 0.1) is 95.6 Å². The average Bonchev–Trinajstić information content (AvgIpc) is 1.47. The van der Waals surface area contributed by atoms with Crippen LogP contribution >= 0.6 is 0 Å². The Bertz CT molecular complexity index is 6790. The van der Waals surface area contributed by atoms with Crippen molar-refractivity contribution in [1.29, 1.82) is 0 Å². The fraction of sp³-hybridized carbons (Fsp3) is 0.277. The van der Waals surface area contributed by atoms with Crippen molar-refractivity contribution in [2.75, 3.05) is 33.5 Å². The van der Waals surface area contributed by atoms with Crippen molar-refractivity contribution < 1.29 is 147 Å². The first kappa shape index (κ1) is 101. The molecular formula is C112H98N4O31Si. The Morgan fingerprint density at radius 3 is 0.784 bits per heavy atom. The number of nitrogens with zero attached hydrogens (tertiary/aromatic N) is 4. The third kappa shape index (κ3) is 20.2. The number of benzene rings is 11. The van der Waals surface area contributed by atoms with Crippen molar-refractivity contribution in [1.82, 2.24) is 19.6 Å². The molecule has 0 aliphatic carbocycles. The molecule has 0 bridgehead atoms. The van der Waals surface area contributed by atoms with E-state index in [-0.39, 0.29) is 83.5 Å². The van der Waals surface area contributed by atoms with E-state index in [1.54, 1.807) is 91.0 Å². The smallest absolute Gasteiger partial charge is 0.338 e. The van der Waals surface area contributed by atoms with Gasteiger partial charge < -0.3 is 75.5 Å². The van der Waals surface area contributed by atoms with Gasteiger partial charge in [0.1, 0.15) is 87.3 Å². The van der Waals surface area contributed by atoms with E-state index in [1.807, 2.05) is 33.9 Å². The van der Waals surface area contributed by atoms with Crippen LogP contribution in [0.1, 0.15) is 183 Å². The van der Waals surface area contributed by atoms with E-state index in [0.717, 1.165) is 21.8 Å². The molecule has 4 fully saturated rings. The molecule has 11 aromatic rings. The number of carbonyl (C=O) groups is 15. The molecule has 0 spiro atoms. The molecule has 148 heavy (non-hydrogen) atoms. The molecule has 19 atom stereocenters. The molecule has 4 saturated heterocycles. The lowest BCUT2D eigenvalue weighted by atomic mass is 9.92. The van der Waals surface area contributed by atoms with Gasteiger partial charge in [-0.15, -0.1) is 0 Å². The molecule has 11 aromatic carbocycles. The molecule has 756 valence electrons. The summed E-state index contributed by atoms with van der Waals surface area (Å²) in [5, 5.41) is -0.702. The van der Waals surface area contributed by atoms with Crippen LogP contribution in [0.2, 0.25) is 18.1 Å². The number of ether oxygens (including phenoxy) is 15. The second-order valence-electron chi connectivity index (χ2n) is 37.6. The van der Waals surface area contributed by atoms with Crippen molar-refractivity contribution in [2.45, 2.75) is 162 Å². The van der Waals surface area contributed by atoms with Gasteiger partial charge in [-0.05, 0) is 152 Å². The third-order valence-corrected chi connectivity index (χ3v) is 32.0. The van der Waals surface area contributed by atoms with Crippen LogP contribution in [0.25, 0.3) is 0 Å². The maximum Gasteiger partial charge on any atom is 0.338 e. The molecule has 35 nitrogen and oxygen atoms in total. The first-order valence-corrected chi connectivity index (χ1v) is 50.8. The Labute approximate surface area is 848 Å². The SMILES string of the molecule is CO[C@H]1OC(COC(=O)c2ccccc2)[C@@H](OC2OC(COC(=O)c3ccccc3)C(O[C@H]3OC(COC(=O)c4ccccc4)[C@@H](OC4OC(COC(=O)c5ccccc5)C(O[Si](C)(C)C(C)(C)C)[C@H](OC(=O)c5ccccc5)[C@H]4N4C(=O)c5ccccc5C4=O)C[C@@H]3N3C(=O)c4ccccc4C3=O)[C@H](OC(=O)c3ccccc3)[C@H]2N2C(=O)c3ccccc3C2=O)C(OC(=O)c2ccccc2)[C@@H]1N1C(=O)c2ccccc2C1=O. The minimum absolute atomic E-state index is 0.00631. The lowest BCUT2D eigenvalue weighted by Crippen LogP contribution is -2.72. The predicted molar refractivity (Wildman–Crippen MR) is 520 cm³/mol. The molecule has 19 rings (SSSR count). The summed E-state index contributed by atoms with van der Waals surface area (Å²) < 4.78 is 110. The van der Waals surface area contributed by atoms with Gasteiger partial charge >= 0.3 is 41.8 Å². The number of fused-ring (bicyclic) bond motifs is 4. The monoisotopic (exact) mass is 2020 g/mol. The second-order valence-corrected chi connectivity index (χ2v) is 42.3. The van der Waals surface area contributed by atoms with Gasteiger partial charge in [-0.3, -0.25) is 58.0 Å². The van der Waals surface area contributed by atoms with Crippen molar-refractivity contribution >= 4 is 97.4 Å². The highest BCUT2D eigenvalue weighted by Crippen LogP contribution is 2.48. The largest absolute Gasteiger partial charge is 0.459 e. The standard InChI is InChI=1S/C112H98N4O31Si/c1-112(2,3)148(5,6)147-89-83(62-136-104(128)66-42-20-10-21-43-66)141-110(86(92(89)144-107(131)69-48-26-13-27-49-69)116-99(123)76-56-34-35-57-77(76)100(116)124)137-79-58-78(113-93(117)70-50-28-29-51-71(70)94(113)118)108(138-80(79)59-133-101(125)63-36-14-7-15-37-63)145-87-82(61-135-103(127)65-40-18-9-19-41-65)140-111(85(91(87)143-106(130)68-46-24-12-25-47-68)115-97(121)74-54-32-33-55-75(74)98(115)122)146-88-81(60-134-102(126)64-38-16-8-17-39-64)139-109(132-4)84(90(88)142-105(129)67-44-22-11-23-45-67)114-95(119)72-52-30-31-53-73(72)96(114)120/h7-57,78-92,108-111H,58-62H2,1-6H3/t78-,79-,80?,81?,82?,83?,84-,85+,86+,87?,88+,89?,90?,91+,92+,108+,109-,110?,111?/m0/s1. The number of carbonyl (C=O) groups excluding carboxylic acids is 15. The highest BCUT2D eigenvalue weighted by molar-refractivity contribution is 6.74. The van der Waals surface area contributed by atoms with E-state index in [0.29, 0.717) is 4.90 Å². The minimum Gasteiger partial charge on any atom is -0.459 e. The Hall–Kier alpha value is -15.9. The summed E-state index contributed by atoms with van der Waals surface area (Å²) in [5.74, 6) is -15.6. The highest BCUT2D eigenvalue weighted by atomic mass is 28.4. The van der Waals surface area contributed by atoms with Crippen molar-refractivity contribution in [3.8, 4) is 0 Å². The Morgan fingerprint density at radius 1 is 0.277 bits per heavy atom. The zero-order valence-electron chi connectivity index (χ0n) is 80.4. The molecular weight excluding hydrogens is 1930 g/mol. The summed E-state index contributed by atoms with van der Waals surface area (Å²) >= 11 is 0. The molecule has 0 saturated carbocycles. The normalized spacial score (nSPS) is 25.1. The van der Waals surface area contributed by atoms with Crippen LogP contribution in [0.15, 0.2) is 309 Å². The Balaban J connectivity index is 0.803. The van der Waals surface area contributed by atoms with Crippen molar-refractivity contribution in [3.05, 3.63) is 393 Å². The quantitative estimate of drug-likeness (QED) is 0.0168. The van der Waals surface area contributed by atoms with Crippen molar-refractivity contribution in [3.63, 3.8) is 0 Å². The zero-order valence-corrected chi connectivity index (χ0v) is 81.4. The third-order valence-electron chi connectivity index (χ3n) is 27.6. The summed E-state index contributed by atoms with van der Waals surface area (Å²) in [4.78, 5) is 237. The van der Waals surface area contributed by atoms with E-state index in [2.05, 4.69) is 0 Å². The summed E-state index contributed by atoms with van der Waals surface area (Å²) in [6.07, 6.45) is -32.0. The highest BCUT2D eigenvalue weighted by Gasteiger charge is 2.66. The zero-order chi connectivity index (χ0) is 104. The van der Waals surface area contributed by atoms with Gasteiger partial charge in [0.15, 0.2) is 51.8 Å². The molecule has 8 heterocycles. The minimum atomic E-state index is -3.34. The van der Waals surface area contributed by atoms with E-state index in [9.17, 15) is 14.4 Å². The van der Waals surface area contributed by atoms with Gasteiger partial charge in [0, 0.05) is 13.5 Å². The molecule has 0 aromatic heterocycles. The summed E-state index contributed by atoms with van der Waals surface area (Å²) in [6.45, 7) is 5.75. The molecule has 8 aliphatic rings. The lowest BCUT2D eigenvalue weighted by Gasteiger charge is -2.53. The fourth-order valence-corrected chi connectivity index (χ4v) is 20.5. The molecule has 8 aliphatic heterocycles. The number of rotatable bonds is 31. The number of esters is 7. The Morgan fingerprint density at radius 2 is 0.500 bits per heavy atom. The lowest BCUT2D eigenvalue weighted by molar-refractivity contribution is -0.360. The van der Waals surface area contributed by atoms with Crippen molar-refractivity contribution in [2.24, 2.45) is 0 Å². The van der Waals surface area contributed by atoms with E-state index >= 15 is 57.5 Å². The van der Waals surface area contributed by atoms with Crippen LogP contribution < -0.4 is 0 Å². The molecule has 9 unspecified atom stereocenters. The number of hydrogen-bond acceptors (Lipinski definition) is 31. The van der Waals surface area contributed by atoms with Crippen LogP contribution in [0.5, 0.6) is 0 Å². The van der Waals surface area contributed by atoms with Gasteiger partial charge in [-0.1, -0.05) is 197 Å². The molecule has 0 N–H and O–H groups in total. The second kappa shape index (κ2) is 43.0. The maximum atomic E-state index is 16.3. The first-order chi connectivity index (χ1) is 71.5. The number of hydrogen-bond donors (Lipinski definition) is 0. The van der Waals surface area contributed by atoms with Crippen LogP contribution in [-0.2, 0) is 75.5 Å². The molecule has 36 heteroatoms. The first-order valence-electron chi connectivity index (χ1n) is 47.9. The van der Waals surface area contributed by atoms with Gasteiger partial charge in [0.25, 0.3) is 47.3 Å². The van der Waals surface area contributed by atoms with Gasteiger partial charge in [-0.2, -0.15) is 0 Å². The van der Waals surface area contributed by atoms with Crippen LogP contribution in [-0.4, -0.2) is 267 Å².